The van der Waals surface area contributed by atoms with Crippen LogP contribution in [0.25, 0.3) is 5.57 Å². The van der Waals surface area contributed by atoms with Crippen LogP contribution < -0.4 is 14.3 Å². The Balaban J connectivity index is 2.04. The van der Waals surface area contributed by atoms with Gasteiger partial charge in [-0.2, -0.15) is 8.42 Å². The van der Waals surface area contributed by atoms with Gasteiger partial charge in [0.15, 0.2) is 5.82 Å². The summed E-state index contributed by atoms with van der Waals surface area (Å²) in [5.41, 5.74) is 0.400. The number of hydrogen-bond donors (Lipinski definition) is 3. The molecule has 1 aromatic rings. The van der Waals surface area contributed by atoms with Crippen molar-refractivity contribution in [3.8, 4) is 5.75 Å². The lowest BCUT2D eigenvalue weighted by Crippen LogP contribution is -2.30. The van der Waals surface area contributed by atoms with Crippen LogP contribution in [0.15, 0.2) is 18.2 Å². The number of amides is 1. The number of phenolic OH excluding ortho intramolecular Hbond substituents is 1. The minimum absolute atomic E-state index is 0.139. The minimum Gasteiger partial charge on any atom is -0.506 e. The molecule has 1 atom stereocenters. The quantitative estimate of drug-likeness (QED) is 0.744. The highest BCUT2D eigenvalue weighted by Gasteiger charge is 2.38. The number of halogens is 1. The lowest BCUT2D eigenvalue weighted by Gasteiger charge is -2.18. The van der Waals surface area contributed by atoms with E-state index < -0.39 is 39.9 Å². The van der Waals surface area contributed by atoms with Crippen LogP contribution in [0.2, 0.25) is 0 Å². The van der Waals surface area contributed by atoms with Gasteiger partial charge in [-0.15, -0.1) is 0 Å². The molecule has 0 saturated carbocycles. The fraction of sp³-hybridized carbons (Fsp3) is 0.400. The Kier molecular flexibility index (Phi) is 4.22. The summed E-state index contributed by atoms with van der Waals surface area (Å²) in [5.74, 6) is -2.17. The SMILES string of the molecule is CCC[C@H]1C=C(c2ccc(O)c(N3CC(=O)NS3(=O)=O)c2F)CN1. The summed E-state index contributed by atoms with van der Waals surface area (Å²) in [5, 5.41) is 13.2. The number of nitrogens with zero attached hydrogens (tertiary/aromatic N) is 1. The largest absolute Gasteiger partial charge is 0.506 e. The highest BCUT2D eigenvalue weighted by molar-refractivity contribution is 7.92. The fourth-order valence-electron chi connectivity index (χ4n) is 2.97. The Labute approximate surface area is 139 Å². The van der Waals surface area contributed by atoms with Crippen LogP contribution in [0.5, 0.6) is 5.75 Å². The van der Waals surface area contributed by atoms with Crippen LogP contribution >= 0.6 is 0 Å². The third-order valence-corrected chi connectivity index (χ3v) is 5.44. The summed E-state index contributed by atoms with van der Waals surface area (Å²) < 4.78 is 41.1. The Morgan fingerprint density at radius 1 is 1.42 bits per heavy atom. The molecule has 3 N–H and O–H groups in total. The zero-order chi connectivity index (χ0) is 17.5. The van der Waals surface area contributed by atoms with Crippen LogP contribution in [0, 0.1) is 5.82 Å². The van der Waals surface area contributed by atoms with Crippen LogP contribution in [0.1, 0.15) is 25.3 Å². The summed E-state index contributed by atoms with van der Waals surface area (Å²) in [4.78, 5) is 11.4. The number of aromatic hydroxyl groups is 1. The first-order valence-corrected chi connectivity index (χ1v) is 9.06. The third kappa shape index (κ3) is 2.84. The predicted octanol–water partition coefficient (Wildman–Crippen LogP) is 0.868. The molecule has 0 bridgehead atoms. The van der Waals surface area contributed by atoms with Gasteiger partial charge in [0.05, 0.1) is 0 Å². The summed E-state index contributed by atoms with van der Waals surface area (Å²) in [7, 11) is -4.20. The normalized spacial score (nSPS) is 22.6. The van der Waals surface area contributed by atoms with E-state index in [1.807, 2.05) is 6.08 Å². The summed E-state index contributed by atoms with van der Waals surface area (Å²) in [6.07, 6.45) is 3.80. The van der Waals surface area contributed by atoms with E-state index >= 15 is 0 Å². The number of hydrogen-bond acceptors (Lipinski definition) is 5. The first kappa shape index (κ1) is 16.7. The maximum absolute atomic E-state index is 14.9. The van der Waals surface area contributed by atoms with Crippen LogP contribution in [-0.2, 0) is 15.0 Å². The van der Waals surface area contributed by atoms with Gasteiger partial charge < -0.3 is 10.4 Å². The number of benzene rings is 1. The molecule has 7 nitrogen and oxygen atoms in total. The Morgan fingerprint density at radius 2 is 2.17 bits per heavy atom. The van der Waals surface area contributed by atoms with Crippen LogP contribution in [-0.4, -0.2) is 38.6 Å². The maximum Gasteiger partial charge on any atom is 0.326 e. The Bertz CT molecular complexity index is 822. The lowest BCUT2D eigenvalue weighted by atomic mass is 10.0. The number of carbonyl (C=O) groups is 1. The molecular weight excluding hydrogens is 337 g/mol. The van der Waals surface area contributed by atoms with Crippen molar-refractivity contribution in [1.82, 2.24) is 10.0 Å². The highest BCUT2D eigenvalue weighted by atomic mass is 32.2. The zero-order valence-corrected chi connectivity index (χ0v) is 13.9. The molecule has 130 valence electrons. The Hall–Kier alpha value is -2.13. The molecule has 1 aromatic carbocycles. The number of phenols is 1. The molecular formula is C15H18FN3O4S. The van der Waals surface area contributed by atoms with Crippen molar-refractivity contribution in [3.63, 3.8) is 0 Å². The first-order valence-electron chi connectivity index (χ1n) is 7.62. The van der Waals surface area contributed by atoms with Crippen LogP contribution in [0.3, 0.4) is 0 Å². The van der Waals surface area contributed by atoms with Crippen molar-refractivity contribution in [2.75, 3.05) is 17.4 Å². The van der Waals surface area contributed by atoms with Crippen molar-refractivity contribution < 1.29 is 22.7 Å². The molecule has 9 heteroatoms. The van der Waals surface area contributed by atoms with E-state index in [4.69, 9.17) is 0 Å². The predicted molar refractivity (Wildman–Crippen MR) is 87.1 cm³/mol. The summed E-state index contributed by atoms with van der Waals surface area (Å²) >= 11 is 0. The first-order chi connectivity index (χ1) is 11.3. The number of anilines is 1. The minimum atomic E-state index is -4.20. The van der Waals surface area contributed by atoms with E-state index in [-0.39, 0.29) is 11.6 Å². The zero-order valence-electron chi connectivity index (χ0n) is 13.0. The molecule has 0 aromatic heterocycles. The van der Waals surface area contributed by atoms with Gasteiger partial charge >= 0.3 is 10.2 Å². The third-order valence-electron chi connectivity index (χ3n) is 4.07. The van der Waals surface area contributed by atoms with E-state index in [0.29, 0.717) is 16.4 Å². The summed E-state index contributed by atoms with van der Waals surface area (Å²) in [6.45, 7) is 1.94. The molecule has 0 radical (unpaired) electrons. The second-order valence-corrected chi connectivity index (χ2v) is 7.39. The fourth-order valence-corrected chi connectivity index (χ4v) is 4.13. The van der Waals surface area contributed by atoms with Crippen molar-refractivity contribution in [2.24, 2.45) is 0 Å². The smallest absolute Gasteiger partial charge is 0.326 e. The van der Waals surface area contributed by atoms with Gasteiger partial charge in [-0.05, 0) is 24.1 Å². The molecule has 0 spiro atoms. The van der Waals surface area contributed by atoms with Gasteiger partial charge in [-0.3, -0.25) is 4.79 Å². The van der Waals surface area contributed by atoms with E-state index in [0.717, 1.165) is 12.8 Å². The van der Waals surface area contributed by atoms with E-state index in [1.165, 1.54) is 12.1 Å². The number of carbonyl (C=O) groups excluding carboxylic acids is 1. The van der Waals surface area contributed by atoms with Gasteiger partial charge in [-0.1, -0.05) is 19.4 Å². The Morgan fingerprint density at radius 3 is 2.79 bits per heavy atom. The van der Waals surface area contributed by atoms with Gasteiger partial charge in [0.1, 0.15) is 18.0 Å². The average Bonchev–Trinajstić information content (AvgIpc) is 3.04. The molecule has 3 rings (SSSR count). The van der Waals surface area contributed by atoms with Gasteiger partial charge in [-0.25, -0.2) is 13.4 Å². The van der Waals surface area contributed by atoms with E-state index in [1.54, 1.807) is 4.72 Å². The average molecular weight is 355 g/mol. The monoisotopic (exact) mass is 355 g/mol. The number of nitrogens with one attached hydrogen (secondary N) is 2. The molecule has 1 fully saturated rings. The van der Waals surface area contributed by atoms with E-state index in [2.05, 4.69) is 12.2 Å². The van der Waals surface area contributed by atoms with Crippen LogP contribution in [0.4, 0.5) is 10.1 Å². The van der Waals surface area contributed by atoms with Gasteiger partial charge in [0, 0.05) is 18.2 Å². The molecule has 24 heavy (non-hydrogen) atoms. The standard InChI is InChI=1S/C15H18FN3O4S/c1-2-3-10-6-9(7-17-10)11-4-5-12(20)15(14(11)16)19-8-13(21)18-24(19,22)23/h4-6,10,17,20H,2-3,7-8H2,1H3,(H,18,21)/t10-/m0/s1. The van der Waals surface area contributed by atoms with Crippen molar-refractivity contribution in [3.05, 3.63) is 29.6 Å². The lowest BCUT2D eigenvalue weighted by molar-refractivity contribution is -0.117. The molecule has 0 aliphatic carbocycles. The molecule has 1 saturated heterocycles. The molecule has 0 unspecified atom stereocenters. The maximum atomic E-state index is 14.9. The second-order valence-electron chi connectivity index (χ2n) is 5.80. The highest BCUT2D eigenvalue weighted by Crippen LogP contribution is 2.37. The number of rotatable bonds is 4. The van der Waals surface area contributed by atoms with Gasteiger partial charge in [0.2, 0.25) is 0 Å². The van der Waals surface area contributed by atoms with Gasteiger partial charge in [0.25, 0.3) is 5.91 Å². The molecule has 1 amide bonds. The topological polar surface area (TPSA) is 98.7 Å². The molecule has 2 aliphatic heterocycles. The van der Waals surface area contributed by atoms with E-state index in [9.17, 15) is 22.7 Å². The summed E-state index contributed by atoms with van der Waals surface area (Å²) in [6, 6.07) is 2.79. The second kappa shape index (κ2) is 6.06. The van der Waals surface area contributed by atoms with Crippen molar-refractivity contribution >= 4 is 27.4 Å². The molecule has 2 aliphatic rings. The molecule has 2 heterocycles. The van der Waals surface area contributed by atoms with Crippen molar-refractivity contribution in [2.45, 2.75) is 25.8 Å². The van der Waals surface area contributed by atoms with Crippen molar-refractivity contribution in [1.29, 1.82) is 0 Å².